The Kier molecular flexibility index (Phi) is 3.49. The maximum Gasteiger partial charge on any atom is 0.0946 e. The standard InChI is InChI=1S/C12H25NO2/c1-9(2)15-10-7-11(3,4)13(14)12(5,6)8-10/h9-10,13H,7-8H2,1-6H3. The van der Waals surface area contributed by atoms with Crippen molar-refractivity contribution in [3.63, 3.8) is 0 Å². The molecule has 1 aliphatic heterocycles. The minimum Gasteiger partial charge on any atom is -0.634 e. The minimum atomic E-state index is -0.235. The molecule has 0 aromatic carbocycles. The van der Waals surface area contributed by atoms with Crippen molar-refractivity contribution in [1.29, 1.82) is 0 Å². The lowest BCUT2D eigenvalue weighted by Crippen LogP contribution is -3.23. The molecule has 0 unspecified atom stereocenters. The molecule has 1 aliphatic rings. The lowest BCUT2D eigenvalue weighted by molar-refractivity contribution is -0.956. The summed E-state index contributed by atoms with van der Waals surface area (Å²) in [5.74, 6) is 0. The van der Waals surface area contributed by atoms with Gasteiger partial charge in [0.2, 0.25) is 0 Å². The van der Waals surface area contributed by atoms with Crippen LogP contribution in [0.2, 0.25) is 0 Å². The summed E-state index contributed by atoms with van der Waals surface area (Å²) in [6.45, 7) is 12.2. The maximum atomic E-state index is 12.1. The highest BCUT2D eigenvalue weighted by molar-refractivity contribution is 4.87. The monoisotopic (exact) mass is 215 g/mol. The molecule has 3 nitrogen and oxygen atoms in total. The summed E-state index contributed by atoms with van der Waals surface area (Å²) in [7, 11) is 0. The number of ether oxygens (including phenoxy) is 1. The molecule has 0 aromatic heterocycles. The molecule has 0 amide bonds. The van der Waals surface area contributed by atoms with Crippen molar-refractivity contribution in [2.75, 3.05) is 0 Å². The summed E-state index contributed by atoms with van der Waals surface area (Å²) >= 11 is 0. The first kappa shape index (κ1) is 12.9. The highest BCUT2D eigenvalue weighted by Gasteiger charge is 2.45. The molecule has 1 saturated heterocycles. The number of hydrogen-bond donors (Lipinski definition) is 1. The lowest BCUT2D eigenvalue weighted by Gasteiger charge is -2.54. The Hall–Kier alpha value is -0.120. The Bertz CT molecular complexity index is 206. The zero-order valence-electron chi connectivity index (χ0n) is 10.9. The van der Waals surface area contributed by atoms with E-state index in [1.54, 1.807) is 0 Å². The Morgan fingerprint density at radius 2 is 1.53 bits per heavy atom. The van der Waals surface area contributed by atoms with Crippen molar-refractivity contribution >= 4 is 0 Å². The number of hydroxylamine groups is 2. The van der Waals surface area contributed by atoms with Crippen molar-refractivity contribution in [1.82, 2.24) is 0 Å². The van der Waals surface area contributed by atoms with Gasteiger partial charge in [0, 0.05) is 12.8 Å². The normalized spacial score (nSPS) is 34.4. The van der Waals surface area contributed by atoms with Gasteiger partial charge in [-0.25, -0.2) is 0 Å². The fourth-order valence-corrected chi connectivity index (χ4v) is 2.79. The fourth-order valence-electron chi connectivity index (χ4n) is 2.79. The first-order valence-corrected chi connectivity index (χ1v) is 5.85. The van der Waals surface area contributed by atoms with Crippen LogP contribution in [0, 0.1) is 5.21 Å². The third kappa shape index (κ3) is 2.92. The number of piperidine rings is 1. The first-order chi connectivity index (χ1) is 6.65. The van der Waals surface area contributed by atoms with E-state index in [1.165, 1.54) is 0 Å². The quantitative estimate of drug-likeness (QED) is 0.709. The van der Waals surface area contributed by atoms with E-state index in [-0.39, 0.29) is 23.3 Å². The van der Waals surface area contributed by atoms with Gasteiger partial charge in [0.1, 0.15) is 0 Å². The van der Waals surface area contributed by atoms with Gasteiger partial charge >= 0.3 is 0 Å². The Balaban J connectivity index is 2.75. The van der Waals surface area contributed by atoms with E-state index < -0.39 is 0 Å². The van der Waals surface area contributed by atoms with Crippen molar-refractivity contribution < 1.29 is 9.80 Å². The van der Waals surface area contributed by atoms with Crippen LogP contribution in [0.3, 0.4) is 0 Å². The van der Waals surface area contributed by atoms with Gasteiger partial charge in [-0.05, 0) is 41.5 Å². The minimum absolute atomic E-state index is 0.229. The molecule has 0 saturated carbocycles. The van der Waals surface area contributed by atoms with Crippen molar-refractivity contribution in [2.24, 2.45) is 0 Å². The zero-order valence-corrected chi connectivity index (χ0v) is 10.9. The first-order valence-electron chi connectivity index (χ1n) is 5.85. The second-order valence-electron chi connectivity index (χ2n) is 6.31. The second-order valence-corrected chi connectivity index (χ2v) is 6.31. The molecule has 0 atom stereocenters. The molecule has 0 aromatic rings. The largest absolute Gasteiger partial charge is 0.634 e. The molecule has 0 spiro atoms. The predicted molar refractivity (Wildman–Crippen MR) is 61.7 cm³/mol. The third-order valence-corrected chi connectivity index (χ3v) is 3.17. The molecule has 3 heteroatoms. The molecule has 90 valence electrons. The van der Waals surface area contributed by atoms with E-state index in [9.17, 15) is 5.21 Å². The van der Waals surface area contributed by atoms with Crippen LogP contribution in [-0.2, 0) is 4.74 Å². The van der Waals surface area contributed by atoms with Gasteiger partial charge < -0.3 is 15.0 Å². The van der Waals surface area contributed by atoms with Crippen LogP contribution in [0.4, 0.5) is 0 Å². The molecule has 15 heavy (non-hydrogen) atoms. The summed E-state index contributed by atoms with van der Waals surface area (Å²) in [5.41, 5.74) is -0.470. The van der Waals surface area contributed by atoms with Crippen molar-refractivity contribution in [3.8, 4) is 0 Å². The summed E-state index contributed by atoms with van der Waals surface area (Å²) in [6.07, 6.45) is 2.18. The van der Waals surface area contributed by atoms with E-state index in [4.69, 9.17) is 4.74 Å². The van der Waals surface area contributed by atoms with E-state index in [1.807, 2.05) is 27.7 Å². The fraction of sp³-hybridized carbons (Fsp3) is 1.00. The van der Waals surface area contributed by atoms with Crippen molar-refractivity contribution in [3.05, 3.63) is 5.21 Å². The van der Waals surface area contributed by atoms with Gasteiger partial charge in [-0.15, -0.1) is 0 Å². The highest BCUT2D eigenvalue weighted by atomic mass is 16.5. The number of nitrogens with one attached hydrogen (secondary N) is 1. The lowest BCUT2D eigenvalue weighted by atomic mass is 9.80. The van der Waals surface area contributed by atoms with E-state index in [0.717, 1.165) is 12.8 Å². The van der Waals surface area contributed by atoms with E-state index in [2.05, 4.69) is 13.8 Å². The number of quaternary nitrogens is 1. The van der Waals surface area contributed by atoms with Gasteiger partial charge in [0.05, 0.1) is 23.3 Å². The van der Waals surface area contributed by atoms with Gasteiger partial charge in [-0.1, -0.05) is 0 Å². The topological polar surface area (TPSA) is 36.7 Å². The molecule has 1 rings (SSSR count). The molecule has 0 aliphatic carbocycles. The summed E-state index contributed by atoms with van der Waals surface area (Å²) < 4.78 is 5.86. The van der Waals surface area contributed by atoms with Crippen LogP contribution >= 0.6 is 0 Å². The number of hydrogen-bond acceptors (Lipinski definition) is 2. The molecule has 0 radical (unpaired) electrons. The van der Waals surface area contributed by atoms with E-state index >= 15 is 0 Å². The predicted octanol–water partition coefficient (Wildman–Crippen LogP) is 1.51. The summed E-state index contributed by atoms with van der Waals surface area (Å²) in [5, 5.41) is 12.5. The van der Waals surface area contributed by atoms with E-state index in [0.29, 0.717) is 5.06 Å². The molecular weight excluding hydrogens is 190 g/mol. The highest BCUT2D eigenvalue weighted by Crippen LogP contribution is 2.26. The molecule has 1 heterocycles. The second kappa shape index (κ2) is 4.04. The van der Waals surface area contributed by atoms with Crippen LogP contribution in [0.15, 0.2) is 0 Å². The summed E-state index contributed by atoms with van der Waals surface area (Å²) in [4.78, 5) is 0. The Morgan fingerprint density at radius 1 is 1.13 bits per heavy atom. The van der Waals surface area contributed by atoms with Crippen LogP contribution in [0.1, 0.15) is 54.4 Å². The van der Waals surface area contributed by atoms with Crippen LogP contribution in [-0.4, -0.2) is 23.3 Å². The molecule has 1 N–H and O–H groups in total. The average Bonchev–Trinajstić information content (AvgIpc) is 1.97. The van der Waals surface area contributed by atoms with Crippen LogP contribution in [0.5, 0.6) is 0 Å². The van der Waals surface area contributed by atoms with Crippen LogP contribution < -0.4 is 5.06 Å². The smallest absolute Gasteiger partial charge is 0.0946 e. The third-order valence-electron chi connectivity index (χ3n) is 3.17. The van der Waals surface area contributed by atoms with Crippen molar-refractivity contribution in [2.45, 2.75) is 77.7 Å². The zero-order chi connectivity index (χ0) is 11.9. The molecule has 1 fully saturated rings. The van der Waals surface area contributed by atoms with Gasteiger partial charge in [0.15, 0.2) is 0 Å². The van der Waals surface area contributed by atoms with Gasteiger partial charge in [-0.3, -0.25) is 0 Å². The summed E-state index contributed by atoms with van der Waals surface area (Å²) in [6, 6.07) is 0. The Morgan fingerprint density at radius 3 is 1.87 bits per heavy atom. The van der Waals surface area contributed by atoms with Gasteiger partial charge in [0.25, 0.3) is 0 Å². The molecular formula is C12H25NO2. The maximum absolute atomic E-state index is 12.1. The Labute approximate surface area is 93.4 Å². The number of rotatable bonds is 2. The van der Waals surface area contributed by atoms with Gasteiger partial charge in [-0.2, -0.15) is 0 Å². The molecule has 0 bridgehead atoms. The SMILES string of the molecule is CC(C)OC1CC(C)(C)[NH+]([O-])C(C)(C)C1. The average molecular weight is 215 g/mol. The van der Waals surface area contributed by atoms with Crippen LogP contribution in [0.25, 0.3) is 0 Å².